The standard InChI is InChI=1S/C14H10N2/c15-10-11-8-12-4-1-2-6-14(12)16-7-3-5-13(16)9-11/h1-7,9H,8H2. The van der Waals surface area contributed by atoms with Crippen LogP contribution >= 0.6 is 0 Å². The van der Waals surface area contributed by atoms with Gasteiger partial charge in [-0.15, -0.1) is 0 Å². The number of aromatic nitrogens is 1. The van der Waals surface area contributed by atoms with E-state index in [9.17, 15) is 0 Å². The van der Waals surface area contributed by atoms with E-state index in [1.807, 2.05) is 36.5 Å². The lowest BCUT2D eigenvalue weighted by Gasteiger charge is -2.08. The summed E-state index contributed by atoms with van der Waals surface area (Å²) in [5, 5.41) is 9.08. The van der Waals surface area contributed by atoms with Gasteiger partial charge in [-0.2, -0.15) is 5.26 Å². The molecule has 0 saturated heterocycles. The Morgan fingerprint density at radius 1 is 1.12 bits per heavy atom. The van der Waals surface area contributed by atoms with Crippen LogP contribution in [0.5, 0.6) is 0 Å². The predicted molar refractivity (Wildman–Crippen MR) is 63.1 cm³/mol. The van der Waals surface area contributed by atoms with Crippen LogP contribution in [0, 0.1) is 11.3 Å². The van der Waals surface area contributed by atoms with E-state index in [0.29, 0.717) is 6.42 Å². The number of allylic oxidation sites excluding steroid dienone is 1. The van der Waals surface area contributed by atoms with E-state index in [1.165, 1.54) is 11.3 Å². The largest absolute Gasteiger partial charge is 0.317 e. The van der Waals surface area contributed by atoms with Gasteiger partial charge in [-0.25, -0.2) is 0 Å². The van der Waals surface area contributed by atoms with E-state index in [-0.39, 0.29) is 0 Å². The monoisotopic (exact) mass is 206 g/mol. The normalized spacial score (nSPS) is 13.1. The van der Waals surface area contributed by atoms with Crippen molar-refractivity contribution in [2.75, 3.05) is 0 Å². The van der Waals surface area contributed by atoms with Gasteiger partial charge < -0.3 is 4.57 Å². The van der Waals surface area contributed by atoms with Gasteiger partial charge in [0.05, 0.1) is 6.07 Å². The molecule has 0 radical (unpaired) electrons. The summed E-state index contributed by atoms with van der Waals surface area (Å²) in [7, 11) is 0. The fourth-order valence-corrected chi connectivity index (χ4v) is 2.13. The molecule has 1 aromatic carbocycles. The van der Waals surface area contributed by atoms with Gasteiger partial charge in [-0.05, 0) is 29.8 Å². The summed E-state index contributed by atoms with van der Waals surface area (Å²) in [6, 6.07) is 14.5. The Hall–Kier alpha value is -2.27. The van der Waals surface area contributed by atoms with Crippen molar-refractivity contribution in [1.29, 1.82) is 5.26 Å². The third-order valence-electron chi connectivity index (χ3n) is 2.88. The lowest BCUT2D eigenvalue weighted by molar-refractivity contribution is 1.04. The first kappa shape index (κ1) is 8.99. The fraction of sp³-hybridized carbons (Fsp3) is 0.0714. The molecule has 1 aliphatic rings. The highest BCUT2D eigenvalue weighted by atomic mass is 15.0. The number of hydrogen-bond donors (Lipinski definition) is 0. The lowest BCUT2D eigenvalue weighted by Crippen LogP contribution is -1.97. The van der Waals surface area contributed by atoms with Crippen LogP contribution in [0.1, 0.15) is 11.3 Å². The van der Waals surface area contributed by atoms with Gasteiger partial charge in [-0.1, -0.05) is 18.2 Å². The average Bonchev–Trinajstić information content (AvgIpc) is 2.71. The van der Waals surface area contributed by atoms with Crippen LogP contribution in [-0.4, -0.2) is 4.57 Å². The first-order valence-corrected chi connectivity index (χ1v) is 5.25. The van der Waals surface area contributed by atoms with Crippen molar-refractivity contribution in [3.05, 3.63) is 59.4 Å². The highest BCUT2D eigenvalue weighted by molar-refractivity contribution is 5.63. The van der Waals surface area contributed by atoms with Crippen LogP contribution in [0.3, 0.4) is 0 Å². The third kappa shape index (κ3) is 1.26. The first-order chi connectivity index (χ1) is 7.88. The van der Waals surface area contributed by atoms with Crippen molar-refractivity contribution >= 4 is 6.08 Å². The van der Waals surface area contributed by atoms with E-state index < -0.39 is 0 Å². The van der Waals surface area contributed by atoms with E-state index in [1.54, 1.807) is 0 Å². The highest BCUT2D eigenvalue weighted by Gasteiger charge is 2.12. The van der Waals surface area contributed by atoms with Crippen molar-refractivity contribution in [3.63, 3.8) is 0 Å². The van der Waals surface area contributed by atoms with E-state index in [0.717, 1.165) is 11.3 Å². The molecule has 2 aromatic rings. The molecule has 0 unspecified atom stereocenters. The Kier molecular flexibility index (Phi) is 1.91. The summed E-state index contributed by atoms with van der Waals surface area (Å²) in [6.07, 6.45) is 4.71. The second-order valence-electron chi connectivity index (χ2n) is 3.89. The number of nitriles is 1. The van der Waals surface area contributed by atoms with Crippen LogP contribution in [-0.2, 0) is 6.42 Å². The van der Waals surface area contributed by atoms with Crippen molar-refractivity contribution in [2.45, 2.75) is 6.42 Å². The molecule has 16 heavy (non-hydrogen) atoms. The van der Waals surface area contributed by atoms with Gasteiger partial charge in [0, 0.05) is 29.6 Å². The summed E-state index contributed by atoms with van der Waals surface area (Å²) in [5.74, 6) is 0. The molecule has 2 nitrogen and oxygen atoms in total. The molecule has 76 valence electrons. The summed E-state index contributed by atoms with van der Waals surface area (Å²) >= 11 is 0. The van der Waals surface area contributed by atoms with Gasteiger partial charge in [0.15, 0.2) is 0 Å². The first-order valence-electron chi connectivity index (χ1n) is 5.25. The summed E-state index contributed by atoms with van der Waals surface area (Å²) in [4.78, 5) is 0. The maximum absolute atomic E-state index is 9.08. The smallest absolute Gasteiger partial charge is 0.0951 e. The van der Waals surface area contributed by atoms with Gasteiger partial charge >= 0.3 is 0 Å². The lowest BCUT2D eigenvalue weighted by atomic mass is 10.0. The molecule has 0 amide bonds. The zero-order valence-corrected chi connectivity index (χ0v) is 8.72. The molecule has 2 heterocycles. The third-order valence-corrected chi connectivity index (χ3v) is 2.88. The number of nitrogens with zero attached hydrogens (tertiary/aromatic N) is 2. The minimum Gasteiger partial charge on any atom is -0.317 e. The fourth-order valence-electron chi connectivity index (χ4n) is 2.13. The predicted octanol–water partition coefficient (Wildman–Crippen LogP) is 2.94. The summed E-state index contributed by atoms with van der Waals surface area (Å²) in [6.45, 7) is 0. The van der Waals surface area contributed by atoms with E-state index in [4.69, 9.17) is 5.26 Å². The Bertz CT molecular complexity index is 612. The van der Waals surface area contributed by atoms with Crippen molar-refractivity contribution < 1.29 is 0 Å². The minimum absolute atomic E-state index is 0.717. The molecule has 0 aliphatic carbocycles. The molecule has 1 aliphatic heterocycles. The Balaban J connectivity index is 2.32. The van der Waals surface area contributed by atoms with Crippen molar-refractivity contribution in [2.24, 2.45) is 0 Å². The molecule has 0 bridgehead atoms. The van der Waals surface area contributed by atoms with Crippen LogP contribution < -0.4 is 0 Å². The van der Waals surface area contributed by atoms with Gasteiger partial charge in [0.2, 0.25) is 0 Å². The maximum Gasteiger partial charge on any atom is 0.0951 e. The maximum atomic E-state index is 9.08. The molecule has 3 rings (SSSR count). The number of fused-ring (bicyclic) bond motifs is 3. The molecular formula is C14H10N2. The SMILES string of the molecule is N#CC1=Cc2cccn2-c2ccccc2C1. The highest BCUT2D eigenvalue weighted by Crippen LogP contribution is 2.25. The van der Waals surface area contributed by atoms with Crippen LogP contribution in [0.15, 0.2) is 48.2 Å². The van der Waals surface area contributed by atoms with E-state index >= 15 is 0 Å². The number of benzene rings is 1. The zero-order valence-electron chi connectivity index (χ0n) is 8.72. The Labute approximate surface area is 94.1 Å². The average molecular weight is 206 g/mol. The molecule has 0 N–H and O–H groups in total. The molecular weight excluding hydrogens is 196 g/mol. The van der Waals surface area contributed by atoms with Gasteiger partial charge in [-0.3, -0.25) is 0 Å². The topological polar surface area (TPSA) is 28.7 Å². The van der Waals surface area contributed by atoms with Gasteiger partial charge in [0.1, 0.15) is 0 Å². The Morgan fingerprint density at radius 3 is 2.88 bits per heavy atom. The molecule has 0 fully saturated rings. The van der Waals surface area contributed by atoms with E-state index in [2.05, 4.69) is 22.8 Å². The second-order valence-corrected chi connectivity index (χ2v) is 3.89. The molecule has 0 spiro atoms. The van der Waals surface area contributed by atoms with Crippen molar-refractivity contribution in [1.82, 2.24) is 4.57 Å². The number of rotatable bonds is 0. The van der Waals surface area contributed by atoms with Crippen LogP contribution in [0.25, 0.3) is 11.8 Å². The number of hydrogen-bond acceptors (Lipinski definition) is 1. The van der Waals surface area contributed by atoms with Gasteiger partial charge in [0.25, 0.3) is 0 Å². The molecule has 0 atom stereocenters. The molecule has 0 saturated carbocycles. The summed E-state index contributed by atoms with van der Waals surface area (Å²) < 4.78 is 2.12. The molecule has 2 heteroatoms. The quantitative estimate of drug-likeness (QED) is 0.651. The van der Waals surface area contributed by atoms with Crippen molar-refractivity contribution in [3.8, 4) is 11.8 Å². The Morgan fingerprint density at radius 2 is 2.00 bits per heavy atom. The number of para-hydroxylation sites is 1. The zero-order chi connectivity index (χ0) is 11.0. The minimum atomic E-state index is 0.717. The summed E-state index contributed by atoms with van der Waals surface area (Å²) in [5.41, 5.74) is 4.25. The molecule has 1 aromatic heterocycles. The van der Waals surface area contributed by atoms with Crippen LogP contribution in [0.2, 0.25) is 0 Å². The second kappa shape index (κ2) is 3.39. The van der Waals surface area contributed by atoms with Crippen LogP contribution in [0.4, 0.5) is 0 Å².